The molecule has 0 bridgehead atoms. The van der Waals surface area contributed by atoms with Gasteiger partial charge >= 0.3 is 12.7 Å². The van der Waals surface area contributed by atoms with Crippen molar-refractivity contribution in [2.45, 2.75) is 0 Å². The van der Waals surface area contributed by atoms with Gasteiger partial charge in [-0.1, -0.05) is 4.74 Å². The first-order valence-corrected chi connectivity index (χ1v) is 1.64. The number of rotatable bonds is 0. The summed E-state index contributed by atoms with van der Waals surface area (Å²) in [6.45, 7) is 0. The molecular weight excluding hydrogens is 207 g/mol. The van der Waals surface area contributed by atoms with Crippen molar-refractivity contribution in [3.8, 4) is 0 Å². The van der Waals surface area contributed by atoms with Gasteiger partial charge in [-0.3, -0.25) is 4.52 Å². The quantitative estimate of drug-likeness (QED) is 0.330. The highest BCUT2D eigenvalue weighted by atomic mass is 127. The van der Waals surface area contributed by atoms with Gasteiger partial charge in [0.2, 0.25) is 0 Å². The molecule has 0 spiro atoms. The van der Waals surface area contributed by atoms with Gasteiger partial charge in [-0.05, 0) is 4.98 Å². The Morgan fingerprint density at radius 2 is 2.43 bits per heavy atom. The summed E-state index contributed by atoms with van der Waals surface area (Å²) in [5, 5.41) is 0. The Morgan fingerprint density at radius 1 is 1.71 bits per heavy atom. The molecule has 0 aliphatic rings. The average molecular weight is 212 g/mol. The Bertz CT molecular complexity index is 116. The lowest BCUT2D eigenvalue weighted by atomic mass is 11.2. The zero-order chi connectivity index (χ0) is 4.41. The van der Waals surface area contributed by atoms with Gasteiger partial charge in [0, 0.05) is 0 Å². The largest absolute Gasteiger partial charge is 1.00 e. The predicted octanol–water partition coefficient (Wildman–Crippen LogP) is -3.50. The molecule has 0 atom stereocenters. The molecule has 0 radical (unpaired) electrons. The van der Waals surface area contributed by atoms with Crippen molar-refractivity contribution < 1.29 is 33.2 Å². The molecule has 0 aliphatic carbocycles. The maximum absolute atomic E-state index is 4.64. The molecule has 4 heteroatoms. The molecule has 0 fully saturated rings. The normalized spacial score (nSPS) is 7.57. The molecule has 0 saturated heterocycles. The highest BCUT2D eigenvalue weighted by Gasteiger charge is 1.85. The van der Waals surface area contributed by atoms with Crippen LogP contribution in [0.1, 0.15) is 0 Å². The fourth-order valence-electron chi connectivity index (χ4n) is 0.250. The van der Waals surface area contributed by atoms with Crippen LogP contribution in [-0.2, 0) is 7.05 Å². The lowest BCUT2D eigenvalue weighted by molar-refractivity contribution is -0.845. The van der Waals surface area contributed by atoms with Crippen molar-refractivity contribution in [2.24, 2.45) is 7.05 Å². The van der Waals surface area contributed by atoms with Crippen LogP contribution in [0.3, 0.4) is 0 Å². The summed E-state index contributed by atoms with van der Waals surface area (Å²) < 4.78 is 6.15. The summed E-state index contributed by atoms with van der Waals surface area (Å²) in [7, 11) is 1.77. The molecule has 3 nitrogen and oxygen atoms in total. The minimum atomic E-state index is 0. The number of aryl methyl sites for hydroxylation is 1. The highest BCUT2D eigenvalue weighted by molar-refractivity contribution is 4.26. The monoisotopic (exact) mass is 212 g/mol. The molecule has 0 unspecified atom stereocenters. The smallest absolute Gasteiger partial charge is 0.341 e. The van der Waals surface area contributed by atoms with E-state index in [0.29, 0.717) is 0 Å². The lowest BCUT2D eigenvalue weighted by Crippen LogP contribution is -3.00. The summed E-state index contributed by atoms with van der Waals surface area (Å²) >= 11 is 0. The molecule has 0 aliphatic heterocycles. The van der Waals surface area contributed by atoms with E-state index in [2.05, 4.69) is 9.51 Å². The van der Waals surface area contributed by atoms with Crippen LogP contribution in [0.4, 0.5) is 0 Å². The maximum atomic E-state index is 4.64. The van der Waals surface area contributed by atoms with Crippen molar-refractivity contribution in [3.05, 3.63) is 12.7 Å². The van der Waals surface area contributed by atoms with Gasteiger partial charge in [0.15, 0.2) is 0 Å². The fraction of sp³-hybridized carbons (Fsp3) is 0.333. The van der Waals surface area contributed by atoms with Crippen LogP contribution in [0.5, 0.6) is 0 Å². The van der Waals surface area contributed by atoms with Crippen molar-refractivity contribution in [3.63, 3.8) is 0 Å². The third-order valence-electron chi connectivity index (χ3n) is 0.504. The van der Waals surface area contributed by atoms with E-state index in [1.807, 2.05) is 0 Å². The second kappa shape index (κ2) is 2.95. The van der Waals surface area contributed by atoms with E-state index in [4.69, 9.17) is 0 Å². The zero-order valence-corrected chi connectivity index (χ0v) is 5.99. The Morgan fingerprint density at radius 3 is 2.57 bits per heavy atom. The van der Waals surface area contributed by atoms with Gasteiger partial charge < -0.3 is 24.0 Å². The van der Waals surface area contributed by atoms with Crippen molar-refractivity contribution in [2.75, 3.05) is 0 Å². The van der Waals surface area contributed by atoms with Gasteiger partial charge in [0.25, 0.3) is 0 Å². The molecule has 1 aromatic heterocycles. The van der Waals surface area contributed by atoms with E-state index in [9.17, 15) is 0 Å². The third kappa shape index (κ3) is 1.86. The molecule has 0 amide bonds. The van der Waals surface area contributed by atoms with Gasteiger partial charge in [-0.2, -0.15) is 0 Å². The van der Waals surface area contributed by atoms with E-state index in [1.165, 1.54) is 11.1 Å². The standard InChI is InChI=1S/C3H5N2O.HI/c1-5-2-4-3-6-5;/h2-3H,1H3;1H/q+1;/p-1. The number of halogens is 1. The number of hydrogen-bond donors (Lipinski definition) is 0. The van der Waals surface area contributed by atoms with Crippen LogP contribution in [0.2, 0.25) is 0 Å². The molecule has 0 saturated carbocycles. The first-order chi connectivity index (χ1) is 2.89. The minimum Gasteiger partial charge on any atom is -1.00 e. The maximum Gasteiger partial charge on any atom is 0.341 e. The van der Waals surface area contributed by atoms with Gasteiger partial charge in [-0.15, -0.1) is 0 Å². The number of aromatic nitrogens is 2. The lowest BCUT2D eigenvalue weighted by Gasteiger charge is -1.63. The first kappa shape index (κ1) is 6.87. The zero-order valence-electron chi connectivity index (χ0n) is 3.84. The average Bonchev–Trinajstić information content (AvgIpc) is 1.86. The topological polar surface area (TPSA) is 29.9 Å². The van der Waals surface area contributed by atoms with Crippen molar-refractivity contribution in [1.82, 2.24) is 4.98 Å². The van der Waals surface area contributed by atoms with E-state index in [0.717, 1.165) is 0 Å². The molecule has 0 N–H and O–H groups in total. The van der Waals surface area contributed by atoms with Crippen LogP contribution in [-0.4, -0.2) is 4.98 Å². The van der Waals surface area contributed by atoms with Gasteiger partial charge in [0.05, 0.1) is 0 Å². The van der Waals surface area contributed by atoms with Gasteiger partial charge in [0.1, 0.15) is 7.05 Å². The SMILES string of the molecule is C[n+]1cnco1.[I-]. The number of nitrogens with zero attached hydrogens (tertiary/aromatic N) is 2. The second-order valence-corrected chi connectivity index (χ2v) is 1.02. The molecule has 0 aromatic carbocycles. The van der Waals surface area contributed by atoms with Crippen LogP contribution in [0, 0.1) is 0 Å². The third-order valence-corrected chi connectivity index (χ3v) is 0.504. The van der Waals surface area contributed by atoms with Crippen LogP contribution in [0.25, 0.3) is 0 Å². The first-order valence-electron chi connectivity index (χ1n) is 1.64. The van der Waals surface area contributed by atoms with Crippen molar-refractivity contribution >= 4 is 0 Å². The summed E-state index contributed by atoms with van der Waals surface area (Å²) in [6, 6.07) is 0. The summed E-state index contributed by atoms with van der Waals surface area (Å²) in [4.78, 5) is 3.62. The summed E-state index contributed by atoms with van der Waals surface area (Å²) in [5.74, 6) is 0. The summed E-state index contributed by atoms with van der Waals surface area (Å²) in [5.41, 5.74) is 0. The molecular formula is C3H5IN2O. The molecule has 7 heavy (non-hydrogen) atoms. The van der Waals surface area contributed by atoms with E-state index in [1.54, 1.807) is 13.4 Å². The van der Waals surface area contributed by atoms with Crippen molar-refractivity contribution in [1.29, 1.82) is 0 Å². The predicted molar refractivity (Wildman–Crippen MR) is 17.7 cm³/mol. The fourth-order valence-corrected chi connectivity index (χ4v) is 0.250. The van der Waals surface area contributed by atoms with E-state index < -0.39 is 0 Å². The minimum absolute atomic E-state index is 0. The molecule has 40 valence electrons. The van der Waals surface area contributed by atoms with Crippen LogP contribution >= 0.6 is 0 Å². The number of hydrogen-bond acceptors (Lipinski definition) is 2. The van der Waals surface area contributed by atoms with Crippen LogP contribution in [0.15, 0.2) is 17.2 Å². The Balaban J connectivity index is 0.000000360. The highest BCUT2D eigenvalue weighted by Crippen LogP contribution is 1.59. The Labute approximate surface area is 58.3 Å². The Hall–Kier alpha value is -0.130. The van der Waals surface area contributed by atoms with Gasteiger partial charge in [-0.25, -0.2) is 0 Å². The second-order valence-electron chi connectivity index (χ2n) is 1.02. The molecule has 1 rings (SSSR count). The Kier molecular flexibility index (Phi) is 2.89. The van der Waals surface area contributed by atoms with E-state index in [-0.39, 0.29) is 24.0 Å². The summed E-state index contributed by atoms with van der Waals surface area (Å²) in [6.07, 6.45) is 2.96. The van der Waals surface area contributed by atoms with E-state index >= 15 is 0 Å². The molecule has 1 heterocycles. The van der Waals surface area contributed by atoms with Crippen LogP contribution < -0.4 is 28.7 Å². The molecule has 1 aromatic rings.